The maximum atomic E-state index is 14.0. The fourth-order valence-corrected chi connectivity index (χ4v) is 3.78. The Hall–Kier alpha value is -1.59. The molecule has 1 saturated heterocycles. The van der Waals surface area contributed by atoms with E-state index in [0.29, 0.717) is 5.02 Å². The van der Waals surface area contributed by atoms with Gasteiger partial charge in [0.1, 0.15) is 17.0 Å². The summed E-state index contributed by atoms with van der Waals surface area (Å²) in [6.07, 6.45) is 0. The summed E-state index contributed by atoms with van der Waals surface area (Å²) >= 11 is 7.53. The molecule has 2 aromatic carbocycles. The molecular formula is C15H10ClF2NOS. The second-order valence-electron chi connectivity index (χ2n) is 4.54. The number of halogens is 3. The zero-order chi connectivity index (χ0) is 15.0. The van der Waals surface area contributed by atoms with Crippen LogP contribution < -0.4 is 4.90 Å². The van der Waals surface area contributed by atoms with E-state index in [1.165, 1.54) is 22.7 Å². The molecule has 1 aliphatic rings. The van der Waals surface area contributed by atoms with E-state index in [-0.39, 0.29) is 17.3 Å². The van der Waals surface area contributed by atoms with Gasteiger partial charge in [-0.1, -0.05) is 29.8 Å². The number of amides is 1. The molecule has 1 aliphatic heterocycles. The van der Waals surface area contributed by atoms with E-state index < -0.39 is 17.0 Å². The lowest BCUT2D eigenvalue weighted by Gasteiger charge is -2.25. The Morgan fingerprint density at radius 2 is 1.95 bits per heavy atom. The van der Waals surface area contributed by atoms with Crippen molar-refractivity contribution in [1.82, 2.24) is 0 Å². The third-order valence-corrected chi connectivity index (χ3v) is 4.75. The molecular weight excluding hydrogens is 316 g/mol. The van der Waals surface area contributed by atoms with Crippen LogP contribution in [0.15, 0.2) is 42.5 Å². The first-order valence-corrected chi connectivity index (χ1v) is 7.64. The standard InChI is InChI=1S/C15H10ClF2NOS/c16-11-4-2-1-3-10(11)15-19(14(20)8-21-15)13-6-5-9(17)7-12(13)18/h1-7,15H,8H2/t15-/m1/s1. The molecule has 0 aliphatic carbocycles. The molecule has 0 aromatic heterocycles. The van der Waals surface area contributed by atoms with Gasteiger partial charge in [-0.25, -0.2) is 8.78 Å². The van der Waals surface area contributed by atoms with Crippen LogP contribution in [-0.2, 0) is 4.79 Å². The van der Waals surface area contributed by atoms with Gasteiger partial charge in [-0.15, -0.1) is 11.8 Å². The summed E-state index contributed by atoms with van der Waals surface area (Å²) in [5.74, 6) is -1.43. The van der Waals surface area contributed by atoms with E-state index in [0.717, 1.165) is 17.7 Å². The quantitative estimate of drug-likeness (QED) is 0.816. The van der Waals surface area contributed by atoms with E-state index >= 15 is 0 Å². The van der Waals surface area contributed by atoms with Crippen molar-refractivity contribution in [1.29, 1.82) is 0 Å². The second kappa shape index (κ2) is 5.66. The molecule has 0 unspecified atom stereocenters. The van der Waals surface area contributed by atoms with Crippen molar-refractivity contribution >= 4 is 35.0 Å². The molecule has 21 heavy (non-hydrogen) atoms. The minimum Gasteiger partial charge on any atom is -0.292 e. The summed E-state index contributed by atoms with van der Waals surface area (Å²) in [5, 5.41) is 0.100. The van der Waals surface area contributed by atoms with Crippen molar-refractivity contribution in [2.24, 2.45) is 0 Å². The number of carbonyl (C=O) groups is 1. The minimum absolute atomic E-state index is 0.0660. The van der Waals surface area contributed by atoms with Crippen LogP contribution in [0.3, 0.4) is 0 Å². The van der Waals surface area contributed by atoms with E-state index in [2.05, 4.69) is 0 Å². The lowest BCUT2D eigenvalue weighted by molar-refractivity contribution is -0.115. The summed E-state index contributed by atoms with van der Waals surface area (Å²) in [4.78, 5) is 13.4. The number of thioether (sulfide) groups is 1. The number of nitrogens with zero attached hydrogens (tertiary/aromatic N) is 1. The van der Waals surface area contributed by atoms with Gasteiger partial charge in [0.15, 0.2) is 0 Å². The number of anilines is 1. The number of hydrogen-bond acceptors (Lipinski definition) is 2. The maximum Gasteiger partial charge on any atom is 0.238 e. The molecule has 0 bridgehead atoms. The highest BCUT2D eigenvalue weighted by molar-refractivity contribution is 8.00. The first kappa shape index (κ1) is 14.4. The van der Waals surface area contributed by atoms with E-state index in [4.69, 9.17) is 11.6 Å². The Bertz CT molecular complexity index is 710. The highest BCUT2D eigenvalue weighted by Gasteiger charge is 2.36. The fourth-order valence-electron chi connectivity index (χ4n) is 2.27. The molecule has 0 radical (unpaired) electrons. The molecule has 1 fully saturated rings. The van der Waals surface area contributed by atoms with Crippen LogP contribution in [0.5, 0.6) is 0 Å². The first-order valence-electron chi connectivity index (χ1n) is 6.21. The Labute approximate surface area is 129 Å². The molecule has 2 nitrogen and oxygen atoms in total. The van der Waals surface area contributed by atoms with Gasteiger partial charge in [-0.2, -0.15) is 0 Å². The van der Waals surface area contributed by atoms with Crippen molar-refractivity contribution in [2.45, 2.75) is 5.37 Å². The predicted octanol–water partition coefficient (Wildman–Crippen LogP) is 4.40. The predicted molar refractivity (Wildman–Crippen MR) is 80.5 cm³/mol. The Kier molecular flexibility index (Phi) is 3.87. The number of benzene rings is 2. The Morgan fingerprint density at radius 3 is 2.67 bits per heavy atom. The van der Waals surface area contributed by atoms with Crippen molar-refractivity contribution in [3.05, 3.63) is 64.7 Å². The summed E-state index contributed by atoms with van der Waals surface area (Å²) in [6.45, 7) is 0. The molecule has 1 atom stereocenters. The van der Waals surface area contributed by atoms with Crippen molar-refractivity contribution in [2.75, 3.05) is 10.7 Å². The number of rotatable bonds is 2. The topological polar surface area (TPSA) is 20.3 Å². The van der Waals surface area contributed by atoms with Gasteiger partial charge in [-0.05, 0) is 18.2 Å². The highest BCUT2D eigenvalue weighted by Crippen LogP contribution is 2.44. The largest absolute Gasteiger partial charge is 0.292 e. The second-order valence-corrected chi connectivity index (χ2v) is 6.02. The van der Waals surface area contributed by atoms with Crippen LogP contribution in [0.4, 0.5) is 14.5 Å². The lowest BCUT2D eigenvalue weighted by atomic mass is 10.2. The van der Waals surface area contributed by atoms with Crippen molar-refractivity contribution < 1.29 is 13.6 Å². The molecule has 108 valence electrons. The van der Waals surface area contributed by atoms with Gasteiger partial charge in [-0.3, -0.25) is 9.69 Å². The zero-order valence-corrected chi connectivity index (χ0v) is 12.3. The average Bonchev–Trinajstić information content (AvgIpc) is 2.81. The summed E-state index contributed by atoms with van der Waals surface area (Å²) in [6, 6.07) is 10.3. The summed E-state index contributed by atoms with van der Waals surface area (Å²) in [7, 11) is 0. The monoisotopic (exact) mass is 325 g/mol. The third kappa shape index (κ3) is 2.63. The van der Waals surface area contributed by atoms with E-state index in [9.17, 15) is 13.6 Å². The molecule has 1 amide bonds. The van der Waals surface area contributed by atoms with E-state index in [1.54, 1.807) is 18.2 Å². The van der Waals surface area contributed by atoms with Crippen molar-refractivity contribution in [3.63, 3.8) is 0 Å². The average molecular weight is 326 g/mol. The van der Waals surface area contributed by atoms with Gasteiger partial charge in [0.25, 0.3) is 0 Å². The smallest absolute Gasteiger partial charge is 0.238 e. The zero-order valence-electron chi connectivity index (χ0n) is 10.7. The van der Waals surface area contributed by atoms with Crippen LogP contribution in [0.25, 0.3) is 0 Å². The fraction of sp³-hybridized carbons (Fsp3) is 0.133. The lowest BCUT2D eigenvalue weighted by Crippen LogP contribution is -2.28. The normalized spacial score (nSPS) is 18.3. The van der Waals surface area contributed by atoms with Crippen molar-refractivity contribution in [3.8, 4) is 0 Å². The van der Waals surface area contributed by atoms with Crippen LogP contribution in [0, 0.1) is 11.6 Å². The number of carbonyl (C=O) groups excluding carboxylic acids is 1. The number of hydrogen-bond donors (Lipinski definition) is 0. The summed E-state index contributed by atoms with van der Waals surface area (Å²) < 4.78 is 27.0. The van der Waals surface area contributed by atoms with Gasteiger partial charge in [0, 0.05) is 16.7 Å². The molecule has 0 saturated carbocycles. The Balaban J connectivity index is 2.06. The third-order valence-electron chi connectivity index (χ3n) is 3.21. The SMILES string of the molecule is O=C1CS[C@H](c2ccccc2Cl)N1c1ccc(F)cc1F. The minimum atomic E-state index is -0.761. The van der Waals surface area contributed by atoms with E-state index in [1.807, 2.05) is 6.07 Å². The van der Waals surface area contributed by atoms with Gasteiger partial charge in [0.05, 0.1) is 11.4 Å². The van der Waals surface area contributed by atoms with Crippen LogP contribution >= 0.6 is 23.4 Å². The molecule has 2 aromatic rings. The highest BCUT2D eigenvalue weighted by atomic mass is 35.5. The first-order chi connectivity index (χ1) is 10.1. The van der Waals surface area contributed by atoms with Gasteiger partial charge in [0.2, 0.25) is 5.91 Å². The molecule has 0 N–H and O–H groups in total. The van der Waals surface area contributed by atoms with Gasteiger partial charge >= 0.3 is 0 Å². The summed E-state index contributed by atoms with van der Waals surface area (Å²) in [5.41, 5.74) is 0.801. The molecule has 3 rings (SSSR count). The van der Waals surface area contributed by atoms with Crippen LogP contribution in [0.2, 0.25) is 5.02 Å². The molecule has 0 spiro atoms. The Morgan fingerprint density at radius 1 is 1.19 bits per heavy atom. The van der Waals surface area contributed by atoms with Crippen LogP contribution in [0.1, 0.15) is 10.9 Å². The maximum absolute atomic E-state index is 14.0. The van der Waals surface area contributed by atoms with Crippen LogP contribution in [-0.4, -0.2) is 11.7 Å². The molecule has 6 heteroatoms. The molecule has 1 heterocycles. The van der Waals surface area contributed by atoms with Gasteiger partial charge < -0.3 is 0 Å².